The quantitative estimate of drug-likeness (QED) is 0.880. The summed E-state index contributed by atoms with van der Waals surface area (Å²) in [5.74, 6) is 0.888. The summed E-state index contributed by atoms with van der Waals surface area (Å²) in [6.07, 6.45) is 0. The summed E-state index contributed by atoms with van der Waals surface area (Å²) in [6, 6.07) is 0. The summed E-state index contributed by atoms with van der Waals surface area (Å²) in [7, 11) is 0. The van der Waals surface area contributed by atoms with Gasteiger partial charge in [0.25, 0.3) is 0 Å². The van der Waals surface area contributed by atoms with Gasteiger partial charge in [-0.2, -0.15) is 4.37 Å². The normalized spacial score (nSPS) is 12.8. The number of rotatable bonds is 5. The Morgan fingerprint density at radius 2 is 1.88 bits per heavy atom. The first-order valence-corrected chi connectivity index (χ1v) is 6.74. The van der Waals surface area contributed by atoms with Gasteiger partial charge in [0.15, 0.2) is 0 Å². The molecular weight excluding hydrogens is 234 g/mol. The molecule has 1 heterocycles. The van der Waals surface area contributed by atoms with Crippen molar-refractivity contribution in [2.45, 2.75) is 52.6 Å². The number of aromatic nitrogens is 2. The van der Waals surface area contributed by atoms with Crippen molar-refractivity contribution in [1.29, 1.82) is 0 Å². The van der Waals surface area contributed by atoms with Crippen LogP contribution in [0.4, 0.5) is 5.13 Å². The van der Waals surface area contributed by atoms with E-state index in [1.165, 1.54) is 11.5 Å². The summed E-state index contributed by atoms with van der Waals surface area (Å²) in [5, 5.41) is 4.15. The van der Waals surface area contributed by atoms with Gasteiger partial charge in [0.1, 0.15) is 5.82 Å². The van der Waals surface area contributed by atoms with Crippen molar-refractivity contribution in [2.24, 2.45) is 0 Å². The third-order valence-corrected chi connectivity index (χ3v) is 2.97. The Balaban J connectivity index is 2.56. The minimum atomic E-state index is -0.178. The Hall–Kier alpha value is -0.680. The van der Waals surface area contributed by atoms with E-state index in [1.807, 2.05) is 6.92 Å². The highest BCUT2D eigenvalue weighted by atomic mass is 32.1. The van der Waals surface area contributed by atoms with Crippen LogP contribution in [0.15, 0.2) is 0 Å². The molecule has 4 nitrogen and oxygen atoms in total. The average Bonchev–Trinajstić information content (AvgIpc) is 2.62. The highest BCUT2D eigenvalue weighted by Gasteiger charge is 2.21. The third kappa shape index (κ3) is 4.60. The highest BCUT2D eigenvalue weighted by Crippen LogP contribution is 2.23. The first kappa shape index (κ1) is 14.4. The van der Waals surface area contributed by atoms with E-state index in [1.54, 1.807) is 0 Å². The summed E-state index contributed by atoms with van der Waals surface area (Å²) in [4.78, 5) is 4.49. The molecule has 0 amide bonds. The topological polar surface area (TPSA) is 47.0 Å². The molecule has 0 saturated carbocycles. The molecule has 0 aliphatic heterocycles. The van der Waals surface area contributed by atoms with Crippen molar-refractivity contribution in [3.8, 4) is 0 Å². The van der Waals surface area contributed by atoms with Gasteiger partial charge < -0.3 is 10.1 Å². The van der Waals surface area contributed by atoms with Crippen molar-refractivity contribution in [3.63, 3.8) is 0 Å². The Morgan fingerprint density at radius 1 is 1.24 bits per heavy atom. The standard InChI is InChI=1S/C12H23N3OS/c1-7-16-12(5,6)8-13-10-14-9(15-17-10)11(2,3)4/h7-8H2,1-6H3,(H,13,14,15). The first-order chi connectivity index (χ1) is 7.74. The minimum Gasteiger partial charge on any atom is -0.374 e. The number of anilines is 1. The van der Waals surface area contributed by atoms with Crippen LogP contribution in [0.2, 0.25) is 0 Å². The molecule has 1 rings (SSSR count). The summed E-state index contributed by atoms with van der Waals surface area (Å²) < 4.78 is 9.98. The van der Waals surface area contributed by atoms with Gasteiger partial charge in [0.2, 0.25) is 5.13 Å². The fourth-order valence-corrected chi connectivity index (χ4v) is 2.08. The molecule has 0 aliphatic rings. The zero-order valence-corrected chi connectivity index (χ0v) is 12.4. The van der Waals surface area contributed by atoms with Crippen molar-refractivity contribution < 1.29 is 4.74 Å². The van der Waals surface area contributed by atoms with Gasteiger partial charge in [-0.25, -0.2) is 4.98 Å². The molecule has 5 heteroatoms. The van der Waals surface area contributed by atoms with Crippen LogP contribution in [0, 0.1) is 0 Å². The molecule has 0 saturated heterocycles. The molecule has 0 unspecified atom stereocenters. The predicted molar refractivity (Wildman–Crippen MR) is 72.8 cm³/mol. The zero-order chi connectivity index (χ0) is 13.1. The number of nitrogens with zero attached hydrogens (tertiary/aromatic N) is 2. The van der Waals surface area contributed by atoms with Gasteiger partial charge in [-0.05, 0) is 20.8 Å². The van der Waals surface area contributed by atoms with Crippen LogP contribution in [0.25, 0.3) is 0 Å². The predicted octanol–water partition coefficient (Wildman–Crippen LogP) is 3.06. The Morgan fingerprint density at radius 3 is 2.35 bits per heavy atom. The van der Waals surface area contributed by atoms with E-state index >= 15 is 0 Å². The van der Waals surface area contributed by atoms with Crippen LogP contribution in [0.5, 0.6) is 0 Å². The monoisotopic (exact) mass is 257 g/mol. The van der Waals surface area contributed by atoms with Gasteiger partial charge in [-0.1, -0.05) is 20.8 Å². The molecule has 17 heavy (non-hydrogen) atoms. The van der Waals surface area contributed by atoms with Crippen LogP contribution < -0.4 is 5.32 Å². The number of hydrogen-bond acceptors (Lipinski definition) is 5. The zero-order valence-electron chi connectivity index (χ0n) is 11.6. The summed E-state index contributed by atoms with van der Waals surface area (Å²) >= 11 is 1.41. The van der Waals surface area contributed by atoms with Crippen molar-refractivity contribution in [3.05, 3.63) is 5.82 Å². The molecule has 0 bridgehead atoms. The van der Waals surface area contributed by atoms with Crippen molar-refractivity contribution in [1.82, 2.24) is 9.36 Å². The van der Waals surface area contributed by atoms with Gasteiger partial charge in [0.05, 0.1) is 5.60 Å². The summed E-state index contributed by atoms with van der Waals surface area (Å²) in [6.45, 7) is 13.9. The lowest BCUT2D eigenvalue weighted by Crippen LogP contribution is -2.33. The van der Waals surface area contributed by atoms with Crippen LogP contribution in [0.1, 0.15) is 47.4 Å². The number of nitrogens with one attached hydrogen (secondary N) is 1. The molecule has 0 atom stereocenters. The van der Waals surface area contributed by atoms with E-state index < -0.39 is 0 Å². The smallest absolute Gasteiger partial charge is 0.202 e. The van der Waals surface area contributed by atoms with Crippen LogP contribution >= 0.6 is 11.5 Å². The average molecular weight is 257 g/mol. The lowest BCUT2D eigenvalue weighted by molar-refractivity contribution is 0.000694. The molecule has 0 aliphatic carbocycles. The van der Waals surface area contributed by atoms with Gasteiger partial charge >= 0.3 is 0 Å². The minimum absolute atomic E-state index is 0.00582. The second-order valence-corrected chi connectivity index (χ2v) is 6.47. The second kappa shape index (κ2) is 5.31. The molecule has 0 fully saturated rings. The Kier molecular flexibility index (Phi) is 4.49. The fourth-order valence-electron chi connectivity index (χ4n) is 1.33. The lowest BCUT2D eigenvalue weighted by atomic mass is 9.96. The van der Waals surface area contributed by atoms with E-state index in [-0.39, 0.29) is 11.0 Å². The molecule has 1 N–H and O–H groups in total. The number of hydrogen-bond donors (Lipinski definition) is 1. The fraction of sp³-hybridized carbons (Fsp3) is 0.833. The molecule has 98 valence electrons. The maximum absolute atomic E-state index is 5.62. The molecule has 0 aromatic carbocycles. The molecular formula is C12H23N3OS. The first-order valence-electron chi connectivity index (χ1n) is 5.96. The Bertz CT molecular complexity index is 355. The lowest BCUT2D eigenvalue weighted by Gasteiger charge is -2.24. The second-order valence-electron chi connectivity index (χ2n) is 5.72. The molecule has 0 radical (unpaired) electrons. The van der Waals surface area contributed by atoms with Gasteiger partial charge in [-0.3, -0.25) is 0 Å². The van der Waals surface area contributed by atoms with E-state index in [2.05, 4.69) is 49.3 Å². The van der Waals surface area contributed by atoms with E-state index in [0.29, 0.717) is 0 Å². The third-order valence-electron chi connectivity index (χ3n) is 2.30. The van der Waals surface area contributed by atoms with E-state index in [0.717, 1.165) is 24.1 Å². The van der Waals surface area contributed by atoms with Crippen LogP contribution in [-0.2, 0) is 10.2 Å². The van der Waals surface area contributed by atoms with Crippen molar-refractivity contribution in [2.75, 3.05) is 18.5 Å². The van der Waals surface area contributed by atoms with E-state index in [4.69, 9.17) is 4.74 Å². The summed E-state index contributed by atoms with van der Waals surface area (Å²) in [5.41, 5.74) is -0.172. The highest BCUT2D eigenvalue weighted by molar-refractivity contribution is 7.09. The van der Waals surface area contributed by atoms with Gasteiger partial charge in [0, 0.05) is 30.1 Å². The van der Waals surface area contributed by atoms with Crippen molar-refractivity contribution >= 4 is 16.7 Å². The SMILES string of the molecule is CCOC(C)(C)CNc1nc(C(C)(C)C)ns1. The Labute approximate surface area is 108 Å². The molecule has 0 spiro atoms. The van der Waals surface area contributed by atoms with Crippen LogP contribution in [-0.4, -0.2) is 28.1 Å². The largest absolute Gasteiger partial charge is 0.374 e. The van der Waals surface area contributed by atoms with E-state index in [9.17, 15) is 0 Å². The van der Waals surface area contributed by atoms with Crippen LogP contribution in [0.3, 0.4) is 0 Å². The molecule has 1 aromatic rings. The maximum atomic E-state index is 5.62. The maximum Gasteiger partial charge on any atom is 0.202 e. The van der Waals surface area contributed by atoms with Gasteiger partial charge in [-0.15, -0.1) is 0 Å². The number of ether oxygens (including phenoxy) is 1. The molecule has 1 aromatic heterocycles.